The largest absolute Gasteiger partial charge is 0.455 e. The average Bonchev–Trinajstić information content (AvgIpc) is 4.00. The van der Waals surface area contributed by atoms with E-state index in [9.17, 15) is 0 Å². The van der Waals surface area contributed by atoms with E-state index in [2.05, 4.69) is 166 Å². The first-order valence-corrected chi connectivity index (χ1v) is 23.0. The van der Waals surface area contributed by atoms with Crippen LogP contribution in [-0.4, -0.2) is 0 Å². The summed E-state index contributed by atoms with van der Waals surface area (Å²) in [5, 5.41) is 7.89. The fourth-order valence-electron chi connectivity index (χ4n) is 10.5. The third-order valence-electron chi connectivity index (χ3n) is 17.1. The van der Waals surface area contributed by atoms with Crippen LogP contribution in [0.3, 0.4) is 0 Å². The molecule has 0 radical (unpaired) electrons. The summed E-state index contributed by atoms with van der Waals surface area (Å²) in [5.41, 5.74) is 38.7. The molecule has 3 heterocycles. The lowest BCUT2D eigenvalue weighted by molar-refractivity contribution is 0.660. The SMILES string of the molecule is Cc1c(C)c(C)c2c(oc3c(C)c(C)c(C)c(C)c32)c1C.Cc1c(C)c(C)c2c(oc3c(C)c(C)c(C)c(C)c32)c1C.Cc1c(C)c(C)c2c(oc3c(C)c(C)c(C)c(C)c32)c1C. The van der Waals surface area contributed by atoms with Crippen molar-refractivity contribution in [3.8, 4) is 0 Å². The van der Waals surface area contributed by atoms with Crippen molar-refractivity contribution in [1.29, 1.82) is 0 Å². The Hall–Kier alpha value is -5.28. The zero-order valence-corrected chi connectivity index (χ0v) is 43.2. The van der Waals surface area contributed by atoms with Crippen LogP contribution in [-0.2, 0) is 0 Å². The highest BCUT2D eigenvalue weighted by atomic mass is 16.3. The second-order valence-electron chi connectivity index (χ2n) is 19.5. The van der Waals surface area contributed by atoms with E-state index in [-0.39, 0.29) is 0 Å². The number of hydrogen-bond donors (Lipinski definition) is 0. The zero-order chi connectivity index (χ0) is 46.9. The second-order valence-corrected chi connectivity index (χ2v) is 19.5. The summed E-state index contributed by atoms with van der Waals surface area (Å²) in [6.45, 7) is 52.9. The van der Waals surface area contributed by atoms with Gasteiger partial charge in [0.1, 0.15) is 33.5 Å². The Morgan fingerprint density at radius 1 is 0.127 bits per heavy atom. The molecule has 0 fully saturated rings. The molecule has 0 aliphatic heterocycles. The molecule has 9 aromatic rings. The molecule has 0 atom stereocenters. The Morgan fingerprint density at radius 3 is 0.333 bits per heavy atom. The van der Waals surface area contributed by atoms with Gasteiger partial charge in [0.25, 0.3) is 0 Å². The molecule has 0 unspecified atom stereocenters. The van der Waals surface area contributed by atoms with E-state index in [4.69, 9.17) is 13.3 Å². The van der Waals surface area contributed by atoms with Crippen LogP contribution >= 0.6 is 0 Å². The predicted molar refractivity (Wildman–Crippen MR) is 275 cm³/mol. The summed E-state index contributed by atoms with van der Waals surface area (Å²) < 4.78 is 19.0. The predicted octanol–water partition coefficient (Wildman–Crippen LogP) is 18.2. The molecule has 3 nitrogen and oxygen atoms in total. The maximum absolute atomic E-state index is 6.35. The molecular weight excluding hydrogens is 769 g/mol. The van der Waals surface area contributed by atoms with Crippen LogP contribution in [0.4, 0.5) is 0 Å². The van der Waals surface area contributed by atoms with Gasteiger partial charge >= 0.3 is 0 Å². The summed E-state index contributed by atoms with van der Waals surface area (Å²) in [7, 11) is 0. The van der Waals surface area contributed by atoms with Gasteiger partial charge in [0, 0.05) is 32.3 Å². The highest BCUT2D eigenvalue weighted by Crippen LogP contribution is 2.44. The topological polar surface area (TPSA) is 39.4 Å². The third-order valence-corrected chi connectivity index (χ3v) is 17.1. The van der Waals surface area contributed by atoms with Crippen molar-refractivity contribution in [2.75, 3.05) is 0 Å². The van der Waals surface area contributed by atoms with E-state index in [1.807, 2.05) is 0 Å². The highest BCUT2D eigenvalue weighted by Gasteiger charge is 2.24. The summed E-state index contributed by atoms with van der Waals surface area (Å²) in [5.74, 6) is 0. The molecule has 0 N–H and O–H groups in total. The Labute approximate surface area is 377 Å². The minimum absolute atomic E-state index is 1.07. The van der Waals surface area contributed by atoms with E-state index in [1.54, 1.807) is 0 Å². The van der Waals surface area contributed by atoms with E-state index in [0.29, 0.717) is 0 Å². The van der Waals surface area contributed by atoms with Crippen LogP contribution in [0.15, 0.2) is 13.3 Å². The van der Waals surface area contributed by atoms with Gasteiger partial charge in [-0.2, -0.15) is 0 Å². The van der Waals surface area contributed by atoms with Crippen LogP contribution < -0.4 is 0 Å². The molecule has 63 heavy (non-hydrogen) atoms. The summed E-state index contributed by atoms with van der Waals surface area (Å²) in [6, 6.07) is 0. The van der Waals surface area contributed by atoms with Gasteiger partial charge in [-0.25, -0.2) is 0 Å². The molecule has 0 amide bonds. The normalized spacial score (nSPS) is 11.8. The molecule has 3 aromatic heterocycles. The number of aryl methyl sites for hydroxylation is 12. The van der Waals surface area contributed by atoms with Crippen LogP contribution in [0.25, 0.3) is 65.8 Å². The van der Waals surface area contributed by atoms with Gasteiger partial charge in [-0.15, -0.1) is 0 Å². The van der Waals surface area contributed by atoms with Crippen molar-refractivity contribution in [2.45, 2.75) is 166 Å². The van der Waals surface area contributed by atoms with Crippen molar-refractivity contribution < 1.29 is 13.3 Å². The smallest absolute Gasteiger partial charge is 0.138 e. The Morgan fingerprint density at radius 2 is 0.222 bits per heavy atom. The molecule has 0 saturated carbocycles. The Balaban J connectivity index is 0.000000142. The van der Waals surface area contributed by atoms with Gasteiger partial charge in [-0.3, -0.25) is 0 Å². The second kappa shape index (κ2) is 15.8. The highest BCUT2D eigenvalue weighted by molar-refractivity contribution is 6.13. The summed E-state index contributed by atoms with van der Waals surface area (Å²) in [6.07, 6.45) is 0. The van der Waals surface area contributed by atoms with Crippen LogP contribution in [0.5, 0.6) is 0 Å². The summed E-state index contributed by atoms with van der Waals surface area (Å²) in [4.78, 5) is 0. The number of furan rings is 3. The van der Waals surface area contributed by atoms with Crippen LogP contribution in [0.2, 0.25) is 0 Å². The third kappa shape index (κ3) is 6.41. The number of fused-ring (bicyclic) bond motifs is 9. The van der Waals surface area contributed by atoms with Gasteiger partial charge in [0.2, 0.25) is 0 Å². The standard InChI is InChI=1S/3C20H24O/c3*1-9-11(3)15(7)19-17(13(9)5)18-14(6)10(2)12(4)16(8)20(18)21-19/h3*1-8H3. The zero-order valence-electron chi connectivity index (χ0n) is 43.2. The van der Waals surface area contributed by atoms with Gasteiger partial charge < -0.3 is 13.3 Å². The fourth-order valence-corrected chi connectivity index (χ4v) is 10.5. The van der Waals surface area contributed by atoms with E-state index in [0.717, 1.165) is 33.5 Å². The first kappa shape index (κ1) is 45.7. The number of rotatable bonds is 0. The number of benzene rings is 6. The maximum Gasteiger partial charge on any atom is 0.138 e. The number of hydrogen-bond acceptors (Lipinski definition) is 3. The van der Waals surface area contributed by atoms with E-state index < -0.39 is 0 Å². The van der Waals surface area contributed by atoms with Crippen molar-refractivity contribution in [3.05, 3.63) is 134 Å². The molecule has 0 aliphatic rings. The minimum Gasteiger partial charge on any atom is -0.455 e. The Bertz CT molecular complexity index is 2870. The fraction of sp³-hybridized carbons (Fsp3) is 0.400. The molecule has 0 spiro atoms. The molecule has 9 rings (SSSR count). The molecule has 6 aromatic carbocycles. The molecule has 0 bridgehead atoms. The summed E-state index contributed by atoms with van der Waals surface area (Å²) >= 11 is 0. The molecule has 330 valence electrons. The quantitative estimate of drug-likeness (QED) is 0.153. The van der Waals surface area contributed by atoms with Crippen molar-refractivity contribution in [1.82, 2.24) is 0 Å². The first-order chi connectivity index (χ1) is 29.3. The lowest BCUT2D eigenvalue weighted by atomic mass is 9.90. The molecule has 0 aliphatic carbocycles. The molecule has 3 heteroatoms. The van der Waals surface area contributed by atoms with Crippen molar-refractivity contribution in [2.24, 2.45) is 0 Å². The van der Waals surface area contributed by atoms with Crippen LogP contribution in [0, 0.1) is 166 Å². The van der Waals surface area contributed by atoms with Gasteiger partial charge in [0.15, 0.2) is 0 Å². The lowest BCUT2D eigenvalue weighted by Gasteiger charge is -2.12. The Kier molecular flexibility index (Phi) is 11.4. The van der Waals surface area contributed by atoms with Gasteiger partial charge in [0.05, 0.1) is 0 Å². The van der Waals surface area contributed by atoms with E-state index >= 15 is 0 Å². The molecule has 0 saturated heterocycles. The van der Waals surface area contributed by atoms with Gasteiger partial charge in [-0.05, 0) is 300 Å². The maximum atomic E-state index is 6.35. The lowest BCUT2D eigenvalue weighted by Crippen LogP contribution is -1.94. The van der Waals surface area contributed by atoms with Crippen molar-refractivity contribution >= 4 is 65.8 Å². The monoisotopic (exact) mass is 841 g/mol. The van der Waals surface area contributed by atoms with Gasteiger partial charge in [-0.1, -0.05) is 0 Å². The van der Waals surface area contributed by atoms with E-state index in [1.165, 1.54) is 166 Å². The average molecular weight is 841 g/mol. The van der Waals surface area contributed by atoms with Crippen LogP contribution in [0.1, 0.15) is 134 Å². The molecular formula is C60H72O3. The first-order valence-electron chi connectivity index (χ1n) is 23.0. The minimum atomic E-state index is 1.07. The van der Waals surface area contributed by atoms with Crippen molar-refractivity contribution in [3.63, 3.8) is 0 Å².